The van der Waals surface area contributed by atoms with Crippen LogP contribution in [0.1, 0.15) is 19.8 Å². The van der Waals surface area contributed by atoms with Crippen molar-refractivity contribution in [2.75, 3.05) is 13.2 Å². The Kier molecular flexibility index (Phi) is 5.68. The topological polar surface area (TPSA) is 77.2 Å². The van der Waals surface area contributed by atoms with E-state index in [0.717, 1.165) is 34.4 Å². The third kappa shape index (κ3) is 4.13. The number of hydrogen-bond acceptors (Lipinski definition) is 7. The van der Waals surface area contributed by atoms with Crippen LogP contribution in [0.2, 0.25) is 5.02 Å². The summed E-state index contributed by atoms with van der Waals surface area (Å²) in [5, 5.41) is 12.6. The van der Waals surface area contributed by atoms with Crippen LogP contribution in [0, 0.1) is 0 Å². The van der Waals surface area contributed by atoms with Crippen LogP contribution >= 0.6 is 34.7 Å². The SMILES string of the molecule is CC(Sc1nnc(-c2sc3ccccc3c2Cl)o1)C(=O)NCC1CCCO1. The van der Waals surface area contributed by atoms with Crippen LogP contribution in [0.5, 0.6) is 0 Å². The first kappa shape index (κ1) is 18.7. The Morgan fingerprint density at radius 3 is 3.07 bits per heavy atom. The van der Waals surface area contributed by atoms with Crippen LogP contribution in [-0.4, -0.2) is 40.6 Å². The molecule has 27 heavy (non-hydrogen) atoms. The van der Waals surface area contributed by atoms with Crippen molar-refractivity contribution in [2.45, 2.75) is 36.3 Å². The first-order valence-electron chi connectivity index (χ1n) is 8.68. The number of fused-ring (bicyclic) bond motifs is 1. The predicted molar refractivity (Wildman–Crippen MR) is 107 cm³/mol. The van der Waals surface area contributed by atoms with Gasteiger partial charge in [0.1, 0.15) is 4.88 Å². The number of nitrogens with one attached hydrogen (secondary N) is 1. The minimum absolute atomic E-state index is 0.0739. The number of rotatable bonds is 6. The Hall–Kier alpha value is -1.61. The highest BCUT2D eigenvalue weighted by Gasteiger charge is 2.23. The lowest BCUT2D eigenvalue weighted by Gasteiger charge is -2.13. The van der Waals surface area contributed by atoms with Crippen LogP contribution in [0.25, 0.3) is 20.9 Å². The summed E-state index contributed by atoms with van der Waals surface area (Å²) in [6, 6.07) is 7.87. The standard InChI is InChI=1S/C18H18ClN3O3S2/c1-10(16(23)20-9-11-5-4-8-24-11)26-18-22-21-17(25-18)15-14(19)12-6-2-3-7-13(12)27-15/h2-3,6-7,10-11H,4-5,8-9H2,1H3,(H,20,23). The van der Waals surface area contributed by atoms with E-state index in [1.807, 2.05) is 31.2 Å². The van der Waals surface area contributed by atoms with Gasteiger partial charge in [-0.25, -0.2) is 0 Å². The van der Waals surface area contributed by atoms with E-state index in [1.54, 1.807) is 0 Å². The van der Waals surface area contributed by atoms with Crippen LogP contribution < -0.4 is 5.32 Å². The minimum Gasteiger partial charge on any atom is -0.410 e. The Bertz CT molecular complexity index is 952. The second-order valence-corrected chi connectivity index (χ2v) is 8.98. The van der Waals surface area contributed by atoms with Gasteiger partial charge in [0.15, 0.2) is 0 Å². The van der Waals surface area contributed by atoms with E-state index in [0.29, 0.717) is 22.7 Å². The number of nitrogens with zero attached hydrogens (tertiary/aromatic N) is 2. The molecule has 142 valence electrons. The average Bonchev–Trinajstić information content (AvgIpc) is 3.41. The molecule has 0 aliphatic carbocycles. The van der Waals surface area contributed by atoms with Crippen LogP contribution in [0.15, 0.2) is 33.9 Å². The van der Waals surface area contributed by atoms with E-state index in [1.165, 1.54) is 23.1 Å². The zero-order chi connectivity index (χ0) is 18.8. The fourth-order valence-corrected chi connectivity index (χ4v) is 5.01. The van der Waals surface area contributed by atoms with Crippen LogP contribution in [-0.2, 0) is 9.53 Å². The van der Waals surface area contributed by atoms with E-state index in [9.17, 15) is 4.79 Å². The van der Waals surface area contributed by atoms with Gasteiger partial charge in [0, 0.05) is 23.2 Å². The van der Waals surface area contributed by atoms with Gasteiger partial charge in [-0.2, -0.15) is 0 Å². The average molecular weight is 424 g/mol. The van der Waals surface area contributed by atoms with E-state index in [4.69, 9.17) is 20.8 Å². The highest BCUT2D eigenvalue weighted by molar-refractivity contribution is 8.00. The first-order chi connectivity index (χ1) is 13.1. The van der Waals surface area contributed by atoms with Gasteiger partial charge in [0.2, 0.25) is 5.91 Å². The van der Waals surface area contributed by atoms with E-state index >= 15 is 0 Å². The van der Waals surface area contributed by atoms with Crippen molar-refractivity contribution in [3.63, 3.8) is 0 Å². The Labute approximate surface area is 169 Å². The zero-order valence-corrected chi connectivity index (χ0v) is 17.0. The van der Waals surface area contributed by atoms with Crippen molar-refractivity contribution in [3.05, 3.63) is 29.3 Å². The number of carbonyl (C=O) groups is 1. The molecule has 1 saturated heterocycles. The third-order valence-corrected chi connectivity index (χ3v) is 6.91. The van der Waals surface area contributed by atoms with Gasteiger partial charge in [-0.1, -0.05) is 41.6 Å². The van der Waals surface area contributed by atoms with Gasteiger partial charge >= 0.3 is 0 Å². The molecule has 1 aliphatic rings. The Balaban J connectivity index is 1.41. The Morgan fingerprint density at radius 1 is 1.44 bits per heavy atom. The normalized spacial score (nSPS) is 18.1. The molecule has 0 spiro atoms. The molecule has 1 fully saturated rings. The summed E-state index contributed by atoms with van der Waals surface area (Å²) in [7, 11) is 0. The summed E-state index contributed by atoms with van der Waals surface area (Å²) in [5.41, 5.74) is 0. The number of carbonyl (C=O) groups excluding carboxylic acids is 1. The smallest absolute Gasteiger partial charge is 0.277 e. The zero-order valence-electron chi connectivity index (χ0n) is 14.6. The number of halogens is 1. The fraction of sp³-hybridized carbons (Fsp3) is 0.389. The fourth-order valence-electron chi connectivity index (χ4n) is 2.87. The highest BCUT2D eigenvalue weighted by Crippen LogP contribution is 2.41. The number of ether oxygens (including phenoxy) is 1. The second-order valence-electron chi connectivity index (χ2n) is 6.25. The number of benzene rings is 1. The van der Waals surface area contributed by atoms with Gasteiger partial charge in [0.25, 0.3) is 11.1 Å². The number of hydrogen-bond donors (Lipinski definition) is 1. The molecule has 1 aromatic carbocycles. The molecular weight excluding hydrogens is 406 g/mol. The molecule has 4 rings (SSSR count). The van der Waals surface area contributed by atoms with E-state index in [2.05, 4.69) is 15.5 Å². The summed E-state index contributed by atoms with van der Waals surface area (Å²) < 4.78 is 12.3. The van der Waals surface area contributed by atoms with Gasteiger partial charge in [-0.15, -0.1) is 21.5 Å². The largest absolute Gasteiger partial charge is 0.410 e. The monoisotopic (exact) mass is 423 g/mol. The molecule has 9 heteroatoms. The molecule has 3 heterocycles. The van der Waals surface area contributed by atoms with Gasteiger partial charge in [0.05, 0.1) is 16.4 Å². The molecule has 3 aromatic rings. The van der Waals surface area contributed by atoms with Crippen molar-refractivity contribution < 1.29 is 13.9 Å². The molecular formula is C18H18ClN3O3S2. The first-order valence-corrected chi connectivity index (χ1v) is 10.8. The lowest BCUT2D eigenvalue weighted by molar-refractivity contribution is -0.120. The molecule has 1 N–H and O–H groups in total. The molecule has 1 aliphatic heterocycles. The molecule has 2 atom stereocenters. The minimum atomic E-state index is -0.349. The third-order valence-electron chi connectivity index (χ3n) is 4.31. The summed E-state index contributed by atoms with van der Waals surface area (Å²) in [4.78, 5) is 13.0. The molecule has 2 unspecified atom stereocenters. The molecule has 1 amide bonds. The van der Waals surface area contributed by atoms with Gasteiger partial charge in [-0.3, -0.25) is 4.79 Å². The molecule has 0 bridgehead atoms. The number of thioether (sulfide) groups is 1. The molecule has 0 saturated carbocycles. The van der Waals surface area contributed by atoms with Crippen molar-refractivity contribution in [2.24, 2.45) is 0 Å². The van der Waals surface area contributed by atoms with Crippen molar-refractivity contribution in [3.8, 4) is 10.8 Å². The van der Waals surface area contributed by atoms with Gasteiger partial charge < -0.3 is 14.5 Å². The number of thiophene rings is 1. The quantitative estimate of drug-likeness (QED) is 0.593. The lowest BCUT2D eigenvalue weighted by Crippen LogP contribution is -2.36. The maximum Gasteiger partial charge on any atom is 0.277 e. The summed E-state index contributed by atoms with van der Waals surface area (Å²) >= 11 is 9.20. The van der Waals surface area contributed by atoms with Crippen molar-refractivity contribution in [1.82, 2.24) is 15.5 Å². The van der Waals surface area contributed by atoms with Crippen LogP contribution in [0.4, 0.5) is 0 Å². The second kappa shape index (κ2) is 8.18. The lowest BCUT2D eigenvalue weighted by atomic mass is 10.2. The molecule has 2 aromatic heterocycles. The summed E-state index contributed by atoms with van der Waals surface area (Å²) in [5.74, 6) is 0.297. The maximum atomic E-state index is 12.3. The van der Waals surface area contributed by atoms with E-state index in [-0.39, 0.29) is 17.3 Å². The molecule has 6 nitrogen and oxygen atoms in total. The summed E-state index contributed by atoms with van der Waals surface area (Å²) in [6.45, 7) is 3.12. The highest BCUT2D eigenvalue weighted by atomic mass is 35.5. The maximum absolute atomic E-state index is 12.3. The predicted octanol–water partition coefficient (Wildman–Crippen LogP) is 4.38. The van der Waals surface area contributed by atoms with Crippen molar-refractivity contribution >= 4 is 50.7 Å². The Morgan fingerprint density at radius 2 is 2.30 bits per heavy atom. The van der Waals surface area contributed by atoms with Crippen LogP contribution in [0.3, 0.4) is 0 Å². The van der Waals surface area contributed by atoms with Crippen molar-refractivity contribution in [1.29, 1.82) is 0 Å². The number of aromatic nitrogens is 2. The summed E-state index contributed by atoms with van der Waals surface area (Å²) in [6.07, 6.45) is 2.16. The van der Waals surface area contributed by atoms with Gasteiger partial charge in [-0.05, 0) is 25.8 Å². The molecule has 0 radical (unpaired) electrons. The van der Waals surface area contributed by atoms with E-state index < -0.39 is 0 Å². The number of amides is 1.